The molecule has 2 atom stereocenters. The van der Waals surface area contributed by atoms with E-state index in [0.29, 0.717) is 5.75 Å². The predicted molar refractivity (Wildman–Crippen MR) is 85.0 cm³/mol. The summed E-state index contributed by atoms with van der Waals surface area (Å²) in [5.74, 6) is -0.715. The largest absolute Gasteiger partial charge is 0.480 e. The molecular weight excluding hydrogens is 286 g/mol. The Morgan fingerprint density at radius 3 is 2.62 bits per heavy atom. The molecule has 1 aliphatic heterocycles. The fourth-order valence-corrected chi connectivity index (χ4v) is 3.65. The average molecular weight is 305 g/mol. The molecule has 1 aromatic rings. The van der Waals surface area contributed by atoms with Crippen molar-refractivity contribution in [1.29, 1.82) is 0 Å². The highest BCUT2D eigenvalue weighted by molar-refractivity contribution is 8.00. The van der Waals surface area contributed by atoms with Gasteiger partial charge in [-0.1, -0.05) is 36.8 Å². The van der Waals surface area contributed by atoms with Crippen LogP contribution in [0.4, 0.5) is 0 Å². The molecule has 2 unspecified atom stereocenters. The number of amides is 1. The zero-order chi connectivity index (χ0) is 15.4. The highest BCUT2D eigenvalue weighted by Gasteiger charge is 2.39. The third-order valence-electron chi connectivity index (χ3n) is 3.48. The molecule has 1 heterocycles. The first-order valence-corrected chi connectivity index (χ1v) is 7.99. The molecule has 0 bridgehead atoms. The van der Waals surface area contributed by atoms with Gasteiger partial charge in [0.15, 0.2) is 0 Å². The fraction of sp³-hybridized carbons (Fsp3) is 0.375. The summed E-state index contributed by atoms with van der Waals surface area (Å²) in [6, 6.07) is 7.10. The van der Waals surface area contributed by atoms with E-state index >= 15 is 0 Å². The van der Waals surface area contributed by atoms with Gasteiger partial charge in [-0.05, 0) is 25.0 Å². The standard InChI is InChI=1S/C16H19NO3S/c1-3-15-17(13(10-21-15)16(19)20)14(18)9-8-12-6-4-11(2)5-7-12/h4-9,13,15H,3,10H2,1-2H3,(H,19,20). The molecular formula is C16H19NO3S. The molecule has 5 heteroatoms. The minimum absolute atomic E-state index is 0.0544. The van der Waals surface area contributed by atoms with E-state index in [0.717, 1.165) is 17.5 Å². The zero-order valence-corrected chi connectivity index (χ0v) is 13.0. The summed E-state index contributed by atoms with van der Waals surface area (Å²) < 4.78 is 0. The van der Waals surface area contributed by atoms with Gasteiger partial charge in [-0.15, -0.1) is 11.8 Å². The maximum absolute atomic E-state index is 12.3. The molecule has 4 nitrogen and oxygen atoms in total. The number of benzene rings is 1. The summed E-state index contributed by atoms with van der Waals surface area (Å²) in [7, 11) is 0. The first kappa shape index (κ1) is 15.6. The first-order chi connectivity index (χ1) is 10.0. The number of carboxylic acid groups (broad SMARTS) is 1. The van der Waals surface area contributed by atoms with Crippen molar-refractivity contribution in [1.82, 2.24) is 4.90 Å². The van der Waals surface area contributed by atoms with E-state index in [-0.39, 0.29) is 11.3 Å². The fourth-order valence-electron chi connectivity index (χ4n) is 2.29. The van der Waals surface area contributed by atoms with E-state index in [9.17, 15) is 14.7 Å². The molecule has 21 heavy (non-hydrogen) atoms. The van der Waals surface area contributed by atoms with E-state index in [1.165, 1.54) is 22.7 Å². The number of aliphatic carboxylic acids is 1. The van der Waals surface area contributed by atoms with Gasteiger partial charge in [0.2, 0.25) is 5.91 Å². The Hall–Kier alpha value is -1.75. The lowest BCUT2D eigenvalue weighted by Gasteiger charge is -2.25. The highest BCUT2D eigenvalue weighted by Crippen LogP contribution is 2.31. The van der Waals surface area contributed by atoms with E-state index in [1.807, 2.05) is 38.1 Å². The smallest absolute Gasteiger partial charge is 0.327 e. The number of carboxylic acids is 1. The lowest BCUT2D eigenvalue weighted by molar-refractivity contribution is -0.147. The Labute approximate surface area is 128 Å². The number of carbonyl (C=O) groups is 2. The summed E-state index contributed by atoms with van der Waals surface area (Å²) >= 11 is 1.53. The molecule has 112 valence electrons. The molecule has 1 fully saturated rings. The van der Waals surface area contributed by atoms with Crippen LogP contribution in [0, 0.1) is 6.92 Å². The number of thioether (sulfide) groups is 1. The number of hydrogen-bond donors (Lipinski definition) is 1. The van der Waals surface area contributed by atoms with Crippen LogP contribution in [0.15, 0.2) is 30.3 Å². The lowest BCUT2D eigenvalue weighted by Crippen LogP contribution is -2.44. The van der Waals surface area contributed by atoms with Gasteiger partial charge in [0.1, 0.15) is 6.04 Å². The van der Waals surface area contributed by atoms with Crippen LogP contribution in [0.25, 0.3) is 6.08 Å². The van der Waals surface area contributed by atoms with Crippen molar-refractivity contribution in [2.24, 2.45) is 0 Å². The minimum Gasteiger partial charge on any atom is -0.480 e. The van der Waals surface area contributed by atoms with Crippen LogP contribution in [-0.2, 0) is 9.59 Å². The summed E-state index contributed by atoms with van der Waals surface area (Å²) in [5.41, 5.74) is 2.09. The van der Waals surface area contributed by atoms with Crippen LogP contribution in [0.2, 0.25) is 0 Å². The second kappa shape index (κ2) is 6.80. The SMILES string of the molecule is CCC1SCC(C(=O)O)N1C(=O)C=Cc1ccc(C)cc1. The van der Waals surface area contributed by atoms with Gasteiger partial charge in [-0.25, -0.2) is 4.79 Å². The molecule has 2 rings (SSSR count). The average Bonchev–Trinajstić information content (AvgIpc) is 2.90. The molecule has 0 aliphatic carbocycles. The van der Waals surface area contributed by atoms with Gasteiger partial charge in [0.05, 0.1) is 5.37 Å². The van der Waals surface area contributed by atoms with Crippen molar-refractivity contribution in [3.63, 3.8) is 0 Å². The number of nitrogens with zero attached hydrogens (tertiary/aromatic N) is 1. The maximum atomic E-state index is 12.3. The van der Waals surface area contributed by atoms with Gasteiger partial charge < -0.3 is 10.0 Å². The van der Waals surface area contributed by atoms with Crippen molar-refractivity contribution in [3.8, 4) is 0 Å². The van der Waals surface area contributed by atoms with Crippen molar-refractivity contribution < 1.29 is 14.7 Å². The topological polar surface area (TPSA) is 57.6 Å². The molecule has 1 aliphatic rings. The van der Waals surface area contributed by atoms with Gasteiger partial charge in [-0.2, -0.15) is 0 Å². The summed E-state index contributed by atoms with van der Waals surface area (Å²) in [5, 5.41) is 9.18. The minimum atomic E-state index is -0.935. The highest BCUT2D eigenvalue weighted by atomic mass is 32.2. The lowest BCUT2D eigenvalue weighted by atomic mass is 10.1. The van der Waals surface area contributed by atoms with Crippen LogP contribution in [-0.4, -0.2) is 39.1 Å². The Kier molecular flexibility index (Phi) is 5.07. The zero-order valence-electron chi connectivity index (χ0n) is 12.2. The van der Waals surface area contributed by atoms with Gasteiger partial charge in [-0.3, -0.25) is 4.79 Å². The Balaban J connectivity index is 2.13. The van der Waals surface area contributed by atoms with Crippen molar-refractivity contribution >= 4 is 29.7 Å². The van der Waals surface area contributed by atoms with Gasteiger partial charge in [0, 0.05) is 11.8 Å². The third kappa shape index (κ3) is 3.67. The van der Waals surface area contributed by atoms with E-state index in [2.05, 4.69) is 0 Å². The van der Waals surface area contributed by atoms with Crippen LogP contribution >= 0.6 is 11.8 Å². The Bertz CT molecular complexity index is 553. The number of hydrogen-bond acceptors (Lipinski definition) is 3. The second-order valence-electron chi connectivity index (χ2n) is 5.04. The molecule has 0 saturated carbocycles. The van der Waals surface area contributed by atoms with Crippen molar-refractivity contribution in [2.45, 2.75) is 31.7 Å². The monoisotopic (exact) mass is 305 g/mol. The number of aryl methyl sites for hydroxylation is 1. The molecule has 1 amide bonds. The summed E-state index contributed by atoms with van der Waals surface area (Å²) in [6.45, 7) is 3.97. The summed E-state index contributed by atoms with van der Waals surface area (Å²) in [4.78, 5) is 25.1. The molecule has 0 radical (unpaired) electrons. The molecule has 1 saturated heterocycles. The van der Waals surface area contributed by atoms with E-state index in [1.54, 1.807) is 6.08 Å². The molecule has 1 N–H and O–H groups in total. The number of carbonyl (C=O) groups excluding carboxylic acids is 1. The number of rotatable bonds is 4. The van der Waals surface area contributed by atoms with E-state index in [4.69, 9.17) is 0 Å². The van der Waals surface area contributed by atoms with Gasteiger partial charge >= 0.3 is 5.97 Å². The third-order valence-corrected chi connectivity index (χ3v) is 4.93. The van der Waals surface area contributed by atoms with Crippen LogP contribution in [0.3, 0.4) is 0 Å². The van der Waals surface area contributed by atoms with Crippen molar-refractivity contribution in [3.05, 3.63) is 41.5 Å². The van der Waals surface area contributed by atoms with Crippen LogP contribution in [0.5, 0.6) is 0 Å². The van der Waals surface area contributed by atoms with Crippen LogP contribution in [0.1, 0.15) is 24.5 Å². The predicted octanol–water partition coefficient (Wildman–Crippen LogP) is 2.77. The molecule has 0 aromatic heterocycles. The second-order valence-corrected chi connectivity index (χ2v) is 6.25. The molecule has 1 aromatic carbocycles. The summed E-state index contributed by atoms with van der Waals surface area (Å²) in [6.07, 6.45) is 3.95. The molecule has 0 spiro atoms. The quantitative estimate of drug-likeness (QED) is 0.869. The van der Waals surface area contributed by atoms with E-state index < -0.39 is 12.0 Å². The normalized spacial score (nSPS) is 21.9. The maximum Gasteiger partial charge on any atom is 0.327 e. The van der Waals surface area contributed by atoms with Crippen molar-refractivity contribution in [2.75, 3.05) is 5.75 Å². The Morgan fingerprint density at radius 2 is 2.05 bits per heavy atom. The van der Waals surface area contributed by atoms with Crippen LogP contribution < -0.4 is 0 Å². The first-order valence-electron chi connectivity index (χ1n) is 6.94. The van der Waals surface area contributed by atoms with Gasteiger partial charge in [0.25, 0.3) is 0 Å². The Morgan fingerprint density at radius 1 is 1.38 bits per heavy atom.